The molecule has 0 aliphatic heterocycles. The van der Waals surface area contributed by atoms with Gasteiger partial charge in [-0.15, -0.1) is 0 Å². The van der Waals surface area contributed by atoms with Gasteiger partial charge in [0.2, 0.25) is 5.91 Å². The lowest BCUT2D eigenvalue weighted by atomic mass is 10.1. The van der Waals surface area contributed by atoms with Gasteiger partial charge in [0, 0.05) is 31.1 Å². The monoisotopic (exact) mass is 266 g/mol. The molecule has 1 aromatic carbocycles. The van der Waals surface area contributed by atoms with Crippen LogP contribution in [0.4, 0.5) is 0 Å². The zero-order valence-electron chi connectivity index (χ0n) is 11.7. The number of hydrogen-bond acceptors (Lipinski definition) is 4. The molecule has 0 fully saturated rings. The van der Waals surface area contributed by atoms with Gasteiger partial charge in [-0.2, -0.15) is 0 Å². The van der Waals surface area contributed by atoms with Crippen LogP contribution in [0.15, 0.2) is 18.2 Å². The number of carbonyl (C=O) groups excluding carboxylic acids is 1. The van der Waals surface area contributed by atoms with E-state index in [-0.39, 0.29) is 17.7 Å². The second-order valence-corrected chi connectivity index (χ2v) is 4.30. The molecule has 1 unspecified atom stereocenters. The van der Waals surface area contributed by atoms with E-state index in [9.17, 15) is 9.90 Å². The third kappa shape index (κ3) is 4.79. The zero-order chi connectivity index (χ0) is 14.3. The van der Waals surface area contributed by atoms with E-state index >= 15 is 0 Å². The molecule has 19 heavy (non-hydrogen) atoms. The van der Waals surface area contributed by atoms with Crippen LogP contribution in [-0.2, 0) is 4.79 Å². The Hall–Kier alpha value is -1.75. The predicted octanol–water partition coefficient (Wildman–Crippen LogP) is 1.58. The molecular formula is C14H22N2O3. The smallest absolute Gasteiger partial charge is 0.221 e. The number of carbonyl (C=O) groups is 1. The topological polar surface area (TPSA) is 70.6 Å². The molecule has 0 radical (unpaired) electrons. The highest BCUT2D eigenvalue weighted by Gasteiger charge is 2.11. The highest BCUT2D eigenvalue weighted by molar-refractivity contribution is 5.75. The average molecular weight is 266 g/mol. The van der Waals surface area contributed by atoms with Gasteiger partial charge in [0.25, 0.3) is 0 Å². The van der Waals surface area contributed by atoms with Crippen molar-refractivity contribution in [2.75, 3.05) is 20.2 Å². The van der Waals surface area contributed by atoms with Crippen molar-refractivity contribution in [1.29, 1.82) is 0 Å². The summed E-state index contributed by atoms with van der Waals surface area (Å²) in [6, 6.07) is 5.06. The van der Waals surface area contributed by atoms with Crippen LogP contribution in [0.3, 0.4) is 0 Å². The zero-order valence-corrected chi connectivity index (χ0v) is 11.7. The number of methoxy groups -OCH3 is 1. The van der Waals surface area contributed by atoms with E-state index < -0.39 is 0 Å². The van der Waals surface area contributed by atoms with E-state index in [0.717, 1.165) is 5.56 Å². The molecule has 1 amide bonds. The van der Waals surface area contributed by atoms with Crippen molar-refractivity contribution in [2.45, 2.75) is 26.3 Å². The Bertz CT molecular complexity index is 421. The number of hydrogen-bond donors (Lipinski definition) is 3. The maximum atomic E-state index is 11.3. The highest BCUT2D eigenvalue weighted by atomic mass is 16.5. The van der Waals surface area contributed by atoms with Crippen molar-refractivity contribution in [2.24, 2.45) is 0 Å². The molecule has 5 heteroatoms. The van der Waals surface area contributed by atoms with E-state index in [4.69, 9.17) is 4.74 Å². The van der Waals surface area contributed by atoms with Crippen LogP contribution in [0.1, 0.15) is 31.9 Å². The summed E-state index contributed by atoms with van der Waals surface area (Å²) in [6.07, 6.45) is 0.420. The molecule has 0 aliphatic rings. The quantitative estimate of drug-likeness (QED) is 0.700. The Balaban J connectivity index is 2.53. The van der Waals surface area contributed by atoms with Crippen LogP contribution in [-0.4, -0.2) is 31.2 Å². The summed E-state index contributed by atoms with van der Waals surface area (Å²) in [4.78, 5) is 11.3. The van der Waals surface area contributed by atoms with Crippen LogP contribution in [0, 0.1) is 0 Å². The van der Waals surface area contributed by atoms with Crippen molar-refractivity contribution in [3.8, 4) is 11.5 Å². The molecule has 0 heterocycles. The molecule has 3 N–H and O–H groups in total. The van der Waals surface area contributed by atoms with Crippen LogP contribution in [0.2, 0.25) is 0 Å². The number of aromatic hydroxyl groups is 1. The fraction of sp³-hybridized carbons (Fsp3) is 0.500. The fourth-order valence-corrected chi connectivity index (χ4v) is 1.80. The van der Waals surface area contributed by atoms with Gasteiger partial charge >= 0.3 is 0 Å². The second-order valence-electron chi connectivity index (χ2n) is 4.30. The van der Waals surface area contributed by atoms with E-state index in [2.05, 4.69) is 10.6 Å². The van der Waals surface area contributed by atoms with Crippen molar-refractivity contribution >= 4 is 5.91 Å². The van der Waals surface area contributed by atoms with Crippen molar-refractivity contribution in [3.63, 3.8) is 0 Å². The van der Waals surface area contributed by atoms with Gasteiger partial charge in [-0.05, 0) is 32.0 Å². The van der Waals surface area contributed by atoms with E-state index in [1.165, 1.54) is 0 Å². The summed E-state index contributed by atoms with van der Waals surface area (Å²) in [7, 11) is 1.59. The third-order valence-corrected chi connectivity index (χ3v) is 2.88. The molecule has 0 bridgehead atoms. The molecule has 0 saturated carbocycles. The van der Waals surface area contributed by atoms with Gasteiger partial charge in [-0.25, -0.2) is 0 Å². The molecule has 106 valence electrons. The van der Waals surface area contributed by atoms with Gasteiger partial charge < -0.3 is 20.5 Å². The lowest BCUT2D eigenvalue weighted by Gasteiger charge is -2.16. The minimum absolute atomic E-state index is 0.0251. The molecule has 1 aromatic rings. The molecule has 1 atom stereocenters. The minimum atomic E-state index is -0.0514. The first-order chi connectivity index (χ1) is 9.08. The van der Waals surface area contributed by atoms with Gasteiger partial charge in [0.15, 0.2) is 0 Å². The van der Waals surface area contributed by atoms with Crippen LogP contribution < -0.4 is 15.4 Å². The Kier molecular flexibility index (Phi) is 6.15. The normalized spacial score (nSPS) is 11.9. The number of amides is 1. The minimum Gasteiger partial charge on any atom is -0.508 e. The number of ether oxygens (including phenoxy) is 1. The molecule has 0 aromatic heterocycles. The fourth-order valence-electron chi connectivity index (χ4n) is 1.80. The summed E-state index contributed by atoms with van der Waals surface area (Å²) in [5.41, 5.74) is 0.759. The van der Waals surface area contributed by atoms with Gasteiger partial charge in [-0.1, -0.05) is 0 Å². The van der Waals surface area contributed by atoms with Crippen molar-refractivity contribution in [3.05, 3.63) is 23.8 Å². The first kappa shape index (κ1) is 15.3. The summed E-state index contributed by atoms with van der Waals surface area (Å²) in [5, 5.41) is 15.8. The molecule has 0 saturated heterocycles. The first-order valence-electron chi connectivity index (χ1n) is 6.45. The average Bonchev–Trinajstić information content (AvgIpc) is 2.39. The number of benzene rings is 1. The number of rotatable bonds is 7. The lowest BCUT2D eigenvalue weighted by Crippen LogP contribution is -2.28. The van der Waals surface area contributed by atoms with E-state index in [1.54, 1.807) is 25.3 Å². The first-order valence-corrected chi connectivity index (χ1v) is 6.45. The standard InChI is InChI=1S/C14H22N2O3/c1-4-15-14(18)7-8-16-10(2)12-9-11(19-3)5-6-13(12)17/h5-6,9-10,16-17H,4,7-8H2,1-3H3,(H,15,18). The van der Waals surface area contributed by atoms with E-state index in [0.29, 0.717) is 25.3 Å². The van der Waals surface area contributed by atoms with Crippen LogP contribution in [0.5, 0.6) is 11.5 Å². The Morgan fingerprint density at radius 1 is 1.47 bits per heavy atom. The van der Waals surface area contributed by atoms with Crippen molar-refractivity contribution < 1.29 is 14.6 Å². The van der Waals surface area contributed by atoms with Gasteiger partial charge in [-0.3, -0.25) is 4.79 Å². The molecule has 5 nitrogen and oxygen atoms in total. The SMILES string of the molecule is CCNC(=O)CCNC(C)c1cc(OC)ccc1O. The van der Waals surface area contributed by atoms with E-state index in [1.807, 2.05) is 13.8 Å². The largest absolute Gasteiger partial charge is 0.508 e. The number of nitrogens with one attached hydrogen (secondary N) is 2. The van der Waals surface area contributed by atoms with Gasteiger partial charge in [0.05, 0.1) is 7.11 Å². The molecular weight excluding hydrogens is 244 g/mol. The summed E-state index contributed by atoms with van der Waals surface area (Å²) >= 11 is 0. The number of phenolic OH excluding ortho intramolecular Hbond substituents is 1. The van der Waals surface area contributed by atoms with Crippen LogP contribution >= 0.6 is 0 Å². The maximum absolute atomic E-state index is 11.3. The maximum Gasteiger partial charge on any atom is 0.221 e. The lowest BCUT2D eigenvalue weighted by molar-refractivity contribution is -0.120. The molecule has 0 aliphatic carbocycles. The second kappa shape index (κ2) is 7.63. The Morgan fingerprint density at radius 3 is 2.84 bits per heavy atom. The number of phenols is 1. The van der Waals surface area contributed by atoms with Gasteiger partial charge in [0.1, 0.15) is 11.5 Å². The summed E-state index contributed by atoms with van der Waals surface area (Å²) in [6.45, 7) is 5.03. The predicted molar refractivity (Wildman–Crippen MR) is 74.4 cm³/mol. The summed E-state index contributed by atoms with van der Waals surface area (Å²) < 4.78 is 5.13. The third-order valence-electron chi connectivity index (χ3n) is 2.88. The molecule has 1 rings (SSSR count). The highest BCUT2D eigenvalue weighted by Crippen LogP contribution is 2.28. The van der Waals surface area contributed by atoms with Crippen molar-refractivity contribution in [1.82, 2.24) is 10.6 Å². The Labute approximate surface area is 114 Å². The molecule has 0 spiro atoms. The Morgan fingerprint density at radius 2 is 2.21 bits per heavy atom. The summed E-state index contributed by atoms with van der Waals surface area (Å²) in [5.74, 6) is 0.945. The van der Waals surface area contributed by atoms with Crippen LogP contribution in [0.25, 0.3) is 0 Å².